The van der Waals surface area contributed by atoms with Crippen molar-refractivity contribution in [1.29, 1.82) is 0 Å². The molecule has 1 aliphatic rings. The Morgan fingerprint density at radius 3 is 2.41 bits per heavy atom. The van der Waals surface area contributed by atoms with E-state index >= 15 is 0 Å². The maximum absolute atomic E-state index is 2.38. The second-order valence-electron chi connectivity index (χ2n) is 7.18. The molecule has 0 spiro atoms. The van der Waals surface area contributed by atoms with Gasteiger partial charge in [0.25, 0.3) is 0 Å². The summed E-state index contributed by atoms with van der Waals surface area (Å²) in [5.74, 6) is 2.05. The van der Waals surface area contributed by atoms with Crippen LogP contribution < -0.4 is 0 Å². The van der Waals surface area contributed by atoms with Gasteiger partial charge in [-0.25, -0.2) is 0 Å². The minimum absolute atomic E-state index is 0.607. The summed E-state index contributed by atoms with van der Waals surface area (Å²) in [6, 6.07) is 11.3. The van der Waals surface area contributed by atoms with Gasteiger partial charge in [-0.05, 0) is 54.8 Å². The summed E-state index contributed by atoms with van der Waals surface area (Å²) < 4.78 is 0. The Balaban J connectivity index is 2.20. The molecule has 0 radical (unpaired) electrons. The zero-order valence-corrected chi connectivity index (χ0v) is 15.6. The number of unbranched alkanes of at least 4 members (excludes halogenated alkanes) is 1. The van der Waals surface area contributed by atoms with Crippen molar-refractivity contribution in [3.63, 3.8) is 0 Å². The number of rotatable bonds is 8. The second kappa shape index (κ2) is 9.01. The Kier molecular flexibility index (Phi) is 7.34. The van der Waals surface area contributed by atoms with Gasteiger partial charge in [0.2, 0.25) is 0 Å². The van der Waals surface area contributed by atoms with Crippen molar-refractivity contribution in [2.75, 3.05) is 5.75 Å². The van der Waals surface area contributed by atoms with Gasteiger partial charge in [0.15, 0.2) is 0 Å². The van der Waals surface area contributed by atoms with E-state index in [2.05, 4.69) is 62.9 Å². The summed E-state index contributed by atoms with van der Waals surface area (Å²) >= 11 is 2.21. The Hall–Kier alpha value is -0.430. The molecule has 0 nitrogen and oxygen atoms in total. The summed E-state index contributed by atoms with van der Waals surface area (Å²) in [4.78, 5) is 0. The fraction of sp³-hybridized carbons (Fsp3) is 0.714. The molecule has 0 heterocycles. The lowest BCUT2D eigenvalue weighted by Crippen LogP contribution is -2.34. The molecule has 1 aromatic rings. The quantitative estimate of drug-likeness (QED) is 0.494. The van der Waals surface area contributed by atoms with Gasteiger partial charge >= 0.3 is 0 Å². The molecule has 0 bridgehead atoms. The lowest BCUT2D eigenvalue weighted by molar-refractivity contribution is 0.139. The van der Waals surface area contributed by atoms with Crippen LogP contribution in [-0.4, -0.2) is 11.0 Å². The van der Waals surface area contributed by atoms with Gasteiger partial charge in [0.05, 0.1) is 0 Å². The zero-order valence-electron chi connectivity index (χ0n) is 14.8. The van der Waals surface area contributed by atoms with Crippen molar-refractivity contribution in [1.82, 2.24) is 0 Å². The zero-order chi connectivity index (χ0) is 15.8. The maximum atomic E-state index is 2.38. The highest BCUT2D eigenvalue weighted by atomic mass is 32.2. The molecule has 0 saturated heterocycles. The first kappa shape index (κ1) is 17.9. The van der Waals surface area contributed by atoms with Gasteiger partial charge in [0.1, 0.15) is 0 Å². The Labute approximate surface area is 142 Å². The maximum Gasteiger partial charge on any atom is 0.00580 e. The van der Waals surface area contributed by atoms with E-state index < -0.39 is 0 Å². The lowest BCUT2D eigenvalue weighted by Gasteiger charge is -2.45. The first-order chi connectivity index (χ1) is 10.7. The van der Waals surface area contributed by atoms with E-state index in [1.165, 1.54) is 57.1 Å². The molecule has 2 rings (SSSR count). The van der Waals surface area contributed by atoms with Crippen LogP contribution >= 0.6 is 11.8 Å². The predicted octanol–water partition coefficient (Wildman–Crippen LogP) is 7.05. The average Bonchev–Trinajstić information content (AvgIpc) is 2.54. The average molecular weight is 319 g/mol. The highest BCUT2D eigenvalue weighted by molar-refractivity contribution is 7.99. The van der Waals surface area contributed by atoms with Crippen LogP contribution in [0, 0.1) is 5.41 Å². The van der Waals surface area contributed by atoms with Gasteiger partial charge in [-0.2, -0.15) is 11.8 Å². The molecule has 1 aliphatic carbocycles. The number of hydrogen-bond donors (Lipinski definition) is 0. The van der Waals surface area contributed by atoms with Gasteiger partial charge in [-0.15, -0.1) is 0 Å². The van der Waals surface area contributed by atoms with Crippen LogP contribution in [-0.2, 0) is 0 Å². The third-order valence-electron chi connectivity index (χ3n) is 5.40. The molecule has 3 unspecified atom stereocenters. The largest absolute Gasteiger partial charge is 0.159 e. The molecule has 1 aromatic carbocycles. The van der Waals surface area contributed by atoms with Crippen molar-refractivity contribution in [3.8, 4) is 0 Å². The number of hydrogen-bond acceptors (Lipinski definition) is 1. The molecule has 3 atom stereocenters. The van der Waals surface area contributed by atoms with E-state index in [4.69, 9.17) is 0 Å². The van der Waals surface area contributed by atoms with Crippen molar-refractivity contribution < 1.29 is 0 Å². The van der Waals surface area contributed by atoms with Gasteiger partial charge in [0, 0.05) is 5.25 Å². The normalized spacial score (nSPS) is 28.7. The first-order valence-corrected chi connectivity index (χ1v) is 10.4. The standard InChI is InChI=1S/C21H34S/c1-4-7-14-21(13-5-2)16-19(15-20(17-21)22-6-3)18-11-9-8-10-12-18/h8-12,19-20H,4-7,13-17H2,1-3H3. The fourth-order valence-corrected chi connectivity index (χ4v) is 5.84. The van der Waals surface area contributed by atoms with Crippen LogP contribution in [0.5, 0.6) is 0 Å². The van der Waals surface area contributed by atoms with Crippen LogP contribution in [0.4, 0.5) is 0 Å². The van der Waals surface area contributed by atoms with Crippen LogP contribution in [0.2, 0.25) is 0 Å². The van der Waals surface area contributed by atoms with E-state index in [0.717, 1.165) is 11.2 Å². The summed E-state index contributed by atoms with van der Waals surface area (Å²) in [6.45, 7) is 7.04. The Morgan fingerprint density at radius 1 is 1.00 bits per heavy atom. The predicted molar refractivity (Wildman–Crippen MR) is 102 cm³/mol. The minimum Gasteiger partial charge on any atom is -0.159 e. The highest BCUT2D eigenvalue weighted by Gasteiger charge is 2.39. The van der Waals surface area contributed by atoms with Crippen LogP contribution in [0.15, 0.2) is 30.3 Å². The van der Waals surface area contributed by atoms with Crippen molar-refractivity contribution in [2.24, 2.45) is 5.41 Å². The summed E-state index contributed by atoms with van der Waals surface area (Å²) in [5, 5.41) is 0.868. The lowest BCUT2D eigenvalue weighted by atomic mass is 9.63. The van der Waals surface area contributed by atoms with E-state index in [-0.39, 0.29) is 0 Å². The van der Waals surface area contributed by atoms with Gasteiger partial charge in [-0.1, -0.05) is 70.4 Å². The molecule has 22 heavy (non-hydrogen) atoms. The Morgan fingerprint density at radius 2 is 1.77 bits per heavy atom. The van der Waals surface area contributed by atoms with Crippen molar-refractivity contribution in [3.05, 3.63) is 35.9 Å². The van der Waals surface area contributed by atoms with Crippen molar-refractivity contribution in [2.45, 2.75) is 83.3 Å². The smallest absolute Gasteiger partial charge is 0.00580 e. The number of benzene rings is 1. The molecule has 1 heteroatoms. The molecular weight excluding hydrogens is 284 g/mol. The summed E-state index contributed by atoms with van der Waals surface area (Å²) in [7, 11) is 0. The summed E-state index contributed by atoms with van der Waals surface area (Å²) in [6.07, 6.45) is 11.2. The fourth-order valence-electron chi connectivity index (χ4n) is 4.53. The molecule has 124 valence electrons. The molecule has 0 amide bonds. The van der Waals surface area contributed by atoms with E-state index in [1.54, 1.807) is 5.56 Å². The molecular formula is C21H34S. The first-order valence-electron chi connectivity index (χ1n) is 9.39. The molecule has 1 saturated carbocycles. The van der Waals surface area contributed by atoms with Crippen LogP contribution in [0.1, 0.15) is 83.6 Å². The van der Waals surface area contributed by atoms with Crippen molar-refractivity contribution >= 4 is 11.8 Å². The van der Waals surface area contributed by atoms with E-state index in [0.29, 0.717) is 5.41 Å². The minimum atomic E-state index is 0.607. The van der Waals surface area contributed by atoms with E-state index in [9.17, 15) is 0 Å². The molecule has 0 N–H and O–H groups in total. The number of thioether (sulfide) groups is 1. The van der Waals surface area contributed by atoms with Gasteiger partial charge in [-0.3, -0.25) is 0 Å². The summed E-state index contributed by atoms with van der Waals surface area (Å²) in [5.41, 5.74) is 2.19. The molecule has 0 aromatic heterocycles. The van der Waals surface area contributed by atoms with Crippen LogP contribution in [0.25, 0.3) is 0 Å². The topological polar surface area (TPSA) is 0 Å². The Bertz CT molecular complexity index is 413. The third kappa shape index (κ3) is 4.78. The second-order valence-corrected chi connectivity index (χ2v) is 8.76. The SMILES string of the molecule is CCCCC1(CCC)CC(SCC)CC(c2ccccc2)C1. The van der Waals surface area contributed by atoms with E-state index in [1.807, 2.05) is 0 Å². The highest BCUT2D eigenvalue weighted by Crippen LogP contribution is 2.52. The monoisotopic (exact) mass is 318 g/mol. The molecule has 1 fully saturated rings. The third-order valence-corrected chi connectivity index (χ3v) is 6.57. The molecule has 0 aliphatic heterocycles. The van der Waals surface area contributed by atoms with Crippen LogP contribution in [0.3, 0.4) is 0 Å². The van der Waals surface area contributed by atoms with Gasteiger partial charge < -0.3 is 0 Å².